The van der Waals surface area contributed by atoms with E-state index >= 15 is 0 Å². The lowest BCUT2D eigenvalue weighted by molar-refractivity contribution is -0.870. The van der Waals surface area contributed by atoms with Crippen molar-refractivity contribution in [1.82, 2.24) is 0 Å². The van der Waals surface area contributed by atoms with Gasteiger partial charge in [0.15, 0.2) is 12.4 Å². The predicted octanol–water partition coefficient (Wildman–Crippen LogP) is 25.5. The number of unbranched alkanes of at least 4 members (excludes halogenated alkanes) is 61. The topological polar surface area (TPSA) is 111 Å². The van der Waals surface area contributed by atoms with Crippen LogP contribution >= 0.6 is 0 Å². The molecule has 9 heteroatoms. The molecular weight excluding hydrogens is 1160 g/mol. The highest BCUT2D eigenvalue weighted by atomic mass is 16.7. The zero-order valence-electron chi connectivity index (χ0n) is 63.9. The van der Waals surface area contributed by atoms with Crippen LogP contribution in [0.25, 0.3) is 0 Å². The van der Waals surface area contributed by atoms with Crippen LogP contribution in [0.4, 0.5) is 0 Å². The number of allylic oxidation sites excluding steroid dienone is 4. The predicted molar refractivity (Wildman–Crippen MR) is 403 cm³/mol. The lowest BCUT2D eigenvalue weighted by Gasteiger charge is -2.26. The molecule has 0 aromatic carbocycles. The van der Waals surface area contributed by atoms with Crippen molar-refractivity contribution in [1.29, 1.82) is 0 Å². The van der Waals surface area contributed by atoms with Crippen LogP contribution in [-0.2, 0) is 33.3 Å². The maximum absolute atomic E-state index is 13.0. The second-order valence-electron chi connectivity index (χ2n) is 30.1. The number of aliphatic carboxylic acids is 1. The Bertz CT molecular complexity index is 1590. The number of likely N-dealkylation sites (N-methyl/N-ethyl adjacent to an activating group) is 1. The summed E-state index contributed by atoms with van der Waals surface area (Å²) in [5.74, 6) is -2.24. The van der Waals surface area contributed by atoms with Gasteiger partial charge < -0.3 is 33.3 Å². The van der Waals surface area contributed by atoms with Gasteiger partial charge in [-0.15, -0.1) is 0 Å². The number of carbonyl (C=O) groups is 3. The first-order valence-corrected chi connectivity index (χ1v) is 42.0. The SMILES string of the molecule is CCCCCCC/C=C\C/C=C\CCCCCCCCCCCCCCCCCCCCCCCC(=O)OC(COC(=O)CCCCCCCCCCCCCCCCCCCCCCCCCCCCCCCCCCCCCC)COC(OCC[N+](C)(C)C)C(=O)[O-]. The fraction of sp³-hybridized carbons (Fsp3) is 0.918. The van der Waals surface area contributed by atoms with Crippen LogP contribution in [0.2, 0.25) is 0 Å². The molecule has 0 saturated carbocycles. The number of esters is 2. The number of quaternary nitrogens is 1. The average Bonchev–Trinajstić information content (AvgIpc) is 3.35. The molecule has 9 nitrogen and oxygen atoms in total. The molecule has 0 aliphatic rings. The van der Waals surface area contributed by atoms with E-state index in [1.54, 1.807) is 0 Å². The molecule has 0 N–H and O–H groups in total. The van der Waals surface area contributed by atoms with Crippen molar-refractivity contribution in [3.8, 4) is 0 Å². The van der Waals surface area contributed by atoms with E-state index in [1.165, 1.54) is 372 Å². The highest BCUT2D eigenvalue weighted by Gasteiger charge is 2.22. The Morgan fingerprint density at radius 3 is 0.840 bits per heavy atom. The van der Waals surface area contributed by atoms with Gasteiger partial charge in [-0.05, 0) is 44.9 Å². The maximum atomic E-state index is 13.0. The Morgan fingerprint density at radius 2 is 0.574 bits per heavy atom. The van der Waals surface area contributed by atoms with Crippen LogP contribution in [0.1, 0.15) is 444 Å². The molecule has 0 fully saturated rings. The minimum absolute atomic E-state index is 0.152. The standard InChI is InChI=1S/C85H163NO8/c1-6-8-10-12-14-16-18-20-22-24-26-28-30-32-34-36-38-40-41-42-44-45-47-49-51-53-55-57-59-61-63-65-67-69-71-73-75-82(87)92-79-81(80-93-85(84(89)90)91-78-77-86(3,4)5)94-83(88)76-74-72-70-68-66-64-62-60-58-56-54-52-50-48-46-43-39-37-35-33-31-29-27-25-23-21-19-17-15-13-11-9-7-2/h19,21,25,27,81,85H,6-18,20,22-24,26,28-80H2,1-5H3/b21-19-,27-25-. The molecule has 2 atom stereocenters. The zero-order valence-corrected chi connectivity index (χ0v) is 63.9. The monoisotopic (exact) mass is 1330 g/mol. The van der Waals surface area contributed by atoms with Gasteiger partial charge in [0.1, 0.15) is 13.2 Å². The molecule has 0 aliphatic carbocycles. The maximum Gasteiger partial charge on any atom is 0.306 e. The van der Waals surface area contributed by atoms with Crippen molar-refractivity contribution in [3.63, 3.8) is 0 Å². The van der Waals surface area contributed by atoms with Gasteiger partial charge in [0.2, 0.25) is 0 Å². The third-order valence-corrected chi connectivity index (χ3v) is 19.5. The summed E-state index contributed by atoms with van der Waals surface area (Å²) in [4.78, 5) is 37.6. The van der Waals surface area contributed by atoms with E-state index in [0.717, 1.165) is 44.9 Å². The summed E-state index contributed by atoms with van der Waals surface area (Å²) in [5, 5.41) is 11.9. The number of carboxylic acids is 1. The lowest BCUT2D eigenvalue weighted by atomic mass is 10.0. The van der Waals surface area contributed by atoms with Gasteiger partial charge in [-0.3, -0.25) is 9.59 Å². The molecule has 2 unspecified atom stereocenters. The van der Waals surface area contributed by atoms with Crippen LogP contribution < -0.4 is 5.11 Å². The second kappa shape index (κ2) is 76.5. The molecule has 0 rings (SSSR count). The van der Waals surface area contributed by atoms with Gasteiger partial charge in [0.05, 0.1) is 40.3 Å². The summed E-state index contributed by atoms with van der Waals surface area (Å²) in [5.41, 5.74) is 0. The molecule has 0 aliphatic heterocycles. The second-order valence-corrected chi connectivity index (χ2v) is 30.1. The van der Waals surface area contributed by atoms with Crippen molar-refractivity contribution in [3.05, 3.63) is 24.3 Å². The summed E-state index contributed by atoms with van der Waals surface area (Å²) in [6.07, 6.45) is 94.7. The molecule has 0 saturated heterocycles. The first-order chi connectivity index (χ1) is 46.1. The Morgan fingerprint density at radius 1 is 0.319 bits per heavy atom. The lowest BCUT2D eigenvalue weighted by Crippen LogP contribution is -2.44. The van der Waals surface area contributed by atoms with Crippen LogP contribution in [0.15, 0.2) is 24.3 Å². The van der Waals surface area contributed by atoms with Gasteiger partial charge >= 0.3 is 11.9 Å². The minimum Gasteiger partial charge on any atom is -0.545 e. The van der Waals surface area contributed by atoms with Crippen LogP contribution in [-0.4, -0.2) is 82.3 Å². The molecular formula is C85H163NO8. The number of ether oxygens (including phenoxy) is 4. The highest BCUT2D eigenvalue weighted by molar-refractivity contribution is 5.70. The van der Waals surface area contributed by atoms with Crippen molar-refractivity contribution in [2.24, 2.45) is 0 Å². The molecule has 0 amide bonds. The van der Waals surface area contributed by atoms with Crippen LogP contribution in [0.3, 0.4) is 0 Å². The molecule has 0 radical (unpaired) electrons. The molecule has 0 spiro atoms. The molecule has 0 heterocycles. The number of carboxylic acid groups (broad SMARTS) is 1. The minimum atomic E-state index is -1.62. The fourth-order valence-electron chi connectivity index (χ4n) is 13.0. The molecule has 0 aromatic rings. The summed E-state index contributed by atoms with van der Waals surface area (Å²) in [6.45, 7) is 4.83. The number of rotatable bonds is 80. The van der Waals surface area contributed by atoms with Crippen molar-refractivity contribution in [2.75, 3.05) is 47.5 Å². The number of nitrogens with zero attached hydrogens (tertiary/aromatic N) is 1. The Kier molecular flexibility index (Phi) is 74.7. The third-order valence-electron chi connectivity index (χ3n) is 19.5. The van der Waals surface area contributed by atoms with E-state index in [4.69, 9.17) is 18.9 Å². The smallest absolute Gasteiger partial charge is 0.306 e. The first kappa shape index (κ1) is 91.8. The highest BCUT2D eigenvalue weighted by Crippen LogP contribution is 2.21. The molecule has 0 bridgehead atoms. The summed E-state index contributed by atoms with van der Waals surface area (Å²) < 4.78 is 22.9. The summed E-state index contributed by atoms with van der Waals surface area (Å²) in [7, 11) is 5.96. The van der Waals surface area contributed by atoms with Gasteiger partial charge in [0, 0.05) is 12.8 Å². The van der Waals surface area contributed by atoms with E-state index in [9.17, 15) is 19.5 Å². The fourth-order valence-corrected chi connectivity index (χ4v) is 13.0. The van der Waals surface area contributed by atoms with E-state index in [1.807, 2.05) is 21.1 Å². The Balaban J connectivity index is 3.93. The average molecular weight is 1330 g/mol. The molecule has 556 valence electrons. The van der Waals surface area contributed by atoms with E-state index in [2.05, 4.69) is 38.2 Å². The molecule has 94 heavy (non-hydrogen) atoms. The first-order valence-electron chi connectivity index (χ1n) is 42.0. The summed E-state index contributed by atoms with van der Waals surface area (Å²) >= 11 is 0. The van der Waals surface area contributed by atoms with Crippen molar-refractivity contribution >= 4 is 17.9 Å². The van der Waals surface area contributed by atoms with Gasteiger partial charge in [-0.25, -0.2) is 0 Å². The van der Waals surface area contributed by atoms with E-state index in [0.29, 0.717) is 17.4 Å². The number of hydrogen-bond acceptors (Lipinski definition) is 8. The third kappa shape index (κ3) is 77.1. The Labute approximate surface area is 586 Å². The van der Waals surface area contributed by atoms with Gasteiger partial charge in [-0.2, -0.15) is 0 Å². The van der Waals surface area contributed by atoms with Crippen LogP contribution in [0.5, 0.6) is 0 Å². The van der Waals surface area contributed by atoms with E-state index in [-0.39, 0.29) is 32.2 Å². The van der Waals surface area contributed by atoms with Crippen LogP contribution in [0, 0.1) is 0 Å². The zero-order chi connectivity index (χ0) is 68.2. The van der Waals surface area contributed by atoms with Crippen molar-refractivity contribution < 1.29 is 42.9 Å². The summed E-state index contributed by atoms with van der Waals surface area (Å²) in [6, 6.07) is 0. The number of carbonyl (C=O) groups excluding carboxylic acids is 3. The molecule has 0 aromatic heterocycles. The van der Waals surface area contributed by atoms with Gasteiger partial charge in [-0.1, -0.05) is 411 Å². The Hall–Kier alpha value is -2.23. The normalized spacial score (nSPS) is 12.6. The quantitative estimate of drug-likeness (QED) is 0.0195. The number of hydrogen-bond donors (Lipinski definition) is 0. The van der Waals surface area contributed by atoms with Crippen molar-refractivity contribution in [2.45, 2.75) is 456 Å². The van der Waals surface area contributed by atoms with E-state index < -0.39 is 24.3 Å². The van der Waals surface area contributed by atoms with Gasteiger partial charge in [0.25, 0.3) is 0 Å². The largest absolute Gasteiger partial charge is 0.545 e.